The number of aromatic nitrogens is 1. The number of hydrogen-bond donors (Lipinski definition) is 1. The zero-order chi connectivity index (χ0) is 20.8. The first-order valence-electron chi connectivity index (χ1n) is 9.72. The number of amides is 1. The predicted molar refractivity (Wildman–Crippen MR) is 126 cm³/mol. The molecule has 0 fully saturated rings. The molecule has 150 valence electrons. The van der Waals surface area contributed by atoms with Crippen molar-refractivity contribution in [3.8, 4) is 0 Å². The fourth-order valence-electron chi connectivity index (χ4n) is 2.97. The molecule has 0 unspecified atom stereocenters. The molecule has 4 aromatic rings. The molecule has 4 nitrogen and oxygen atoms in total. The van der Waals surface area contributed by atoms with Gasteiger partial charge in [0.25, 0.3) is 5.91 Å². The molecule has 4 rings (SSSR count). The summed E-state index contributed by atoms with van der Waals surface area (Å²) in [5, 5.41) is 4.31. The number of fused-ring (bicyclic) bond motifs is 1. The molecule has 1 N–H and O–H groups in total. The Kier molecular flexibility index (Phi) is 6.57. The molecule has 0 saturated heterocycles. The van der Waals surface area contributed by atoms with Gasteiger partial charge < -0.3 is 0 Å². The second kappa shape index (κ2) is 9.69. The highest BCUT2D eigenvalue weighted by atomic mass is 32.2. The molecule has 0 saturated carbocycles. The number of rotatable bonds is 7. The molecular weight excluding hydrogens is 410 g/mol. The van der Waals surface area contributed by atoms with Gasteiger partial charge in [0.15, 0.2) is 4.34 Å². The quantitative estimate of drug-likeness (QED) is 0.217. The molecule has 0 aliphatic heterocycles. The molecule has 0 atom stereocenters. The largest absolute Gasteiger partial charge is 0.271 e. The number of nitrogens with zero attached hydrogens (tertiary/aromatic N) is 2. The summed E-state index contributed by atoms with van der Waals surface area (Å²) >= 11 is 3.42. The number of carbonyl (C=O) groups is 1. The van der Waals surface area contributed by atoms with Crippen molar-refractivity contribution in [3.63, 3.8) is 0 Å². The van der Waals surface area contributed by atoms with Crippen molar-refractivity contribution < 1.29 is 4.79 Å². The minimum atomic E-state index is -0.206. The molecule has 0 radical (unpaired) electrons. The Labute approximate surface area is 184 Å². The molecule has 3 aromatic carbocycles. The monoisotopic (exact) mass is 431 g/mol. The number of hydrazone groups is 1. The minimum absolute atomic E-state index is 0.206. The summed E-state index contributed by atoms with van der Waals surface area (Å²) in [5.74, 6) is 0.607. The standard InChI is InChI=1S/C24H21N3OS2/c1-2-20(18-8-4-3-5-9-18)26-27-23(28)19-14-12-17(13-15-19)16-29-24-25-21-10-6-7-11-22(21)30-24/h3-15H,2,16H2,1H3,(H,27,28). The molecule has 1 amide bonds. The molecular formula is C24H21N3OS2. The van der Waals surface area contributed by atoms with Gasteiger partial charge in [-0.15, -0.1) is 11.3 Å². The van der Waals surface area contributed by atoms with Gasteiger partial charge in [-0.3, -0.25) is 4.79 Å². The van der Waals surface area contributed by atoms with Crippen molar-refractivity contribution in [2.24, 2.45) is 5.10 Å². The van der Waals surface area contributed by atoms with Gasteiger partial charge in [-0.2, -0.15) is 5.10 Å². The second-order valence-electron chi connectivity index (χ2n) is 6.65. The van der Waals surface area contributed by atoms with Crippen molar-refractivity contribution in [2.45, 2.75) is 23.4 Å². The van der Waals surface area contributed by atoms with Gasteiger partial charge in [0.2, 0.25) is 0 Å². The van der Waals surface area contributed by atoms with Crippen LogP contribution in [0.3, 0.4) is 0 Å². The first-order chi connectivity index (χ1) is 14.7. The Bertz CT molecular complexity index is 1140. The topological polar surface area (TPSA) is 54.4 Å². The molecule has 0 aliphatic carbocycles. The lowest BCUT2D eigenvalue weighted by Crippen LogP contribution is -2.20. The van der Waals surface area contributed by atoms with Crippen molar-refractivity contribution in [1.29, 1.82) is 0 Å². The van der Waals surface area contributed by atoms with Crippen molar-refractivity contribution in [3.05, 3.63) is 95.6 Å². The molecule has 6 heteroatoms. The van der Waals surface area contributed by atoms with Crippen LogP contribution in [0, 0.1) is 0 Å². The van der Waals surface area contributed by atoms with E-state index >= 15 is 0 Å². The van der Waals surface area contributed by atoms with E-state index in [-0.39, 0.29) is 5.91 Å². The van der Waals surface area contributed by atoms with E-state index < -0.39 is 0 Å². The van der Waals surface area contributed by atoms with Crippen molar-refractivity contribution in [1.82, 2.24) is 10.4 Å². The zero-order valence-corrected chi connectivity index (χ0v) is 18.2. The third kappa shape index (κ3) is 4.96. The van der Waals surface area contributed by atoms with Crippen molar-refractivity contribution >= 4 is 44.9 Å². The lowest BCUT2D eigenvalue weighted by atomic mass is 10.1. The zero-order valence-electron chi connectivity index (χ0n) is 16.5. The van der Waals surface area contributed by atoms with Crippen LogP contribution in [0.5, 0.6) is 0 Å². The van der Waals surface area contributed by atoms with Crippen LogP contribution in [-0.4, -0.2) is 16.6 Å². The maximum absolute atomic E-state index is 12.5. The highest BCUT2D eigenvalue weighted by molar-refractivity contribution is 8.00. The maximum atomic E-state index is 12.5. The highest BCUT2D eigenvalue weighted by Gasteiger charge is 2.08. The van der Waals surface area contributed by atoms with Crippen molar-refractivity contribution in [2.75, 3.05) is 0 Å². The lowest BCUT2D eigenvalue weighted by Gasteiger charge is -2.06. The Balaban J connectivity index is 1.36. The van der Waals surface area contributed by atoms with Crippen LogP contribution in [-0.2, 0) is 5.75 Å². The summed E-state index contributed by atoms with van der Waals surface area (Å²) in [7, 11) is 0. The van der Waals surface area contributed by atoms with E-state index in [0.29, 0.717) is 5.56 Å². The third-order valence-corrected chi connectivity index (χ3v) is 6.84. The molecule has 1 aromatic heterocycles. The van der Waals surface area contributed by atoms with E-state index in [1.165, 1.54) is 4.70 Å². The van der Waals surface area contributed by atoms with Crippen LogP contribution in [0.4, 0.5) is 0 Å². The highest BCUT2D eigenvalue weighted by Crippen LogP contribution is 2.31. The van der Waals surface area contributed by atoms with E-state index in [9.17, 15) is 4.79 Å². The molecule has 30 heavy (non-hydrogen) atoms. The SMILES string of the molecule is CCC(=NNC(=O)c1ccc(CSc2nc3ccccc3s2)cc1)c1ccccc1. The Morgan fingerprint density at radius 2 is 1.70 bits per heavy atom. The smallest absolute Gasteiger partial charge is 0.267 e. The average molecular weight is 432 g/mol. The van der Waals surface area contributed by atoms with Crippen LogP contribution in [0.1, 0.15) is 34.8 Å². The number of carbonyl (C=O) groups excluding carboxylic acids is 1. The van der Waals surface area contributed by atoms with Gasteiger partial charge >= 0.3 is 0 Å². The number of nitrogens with one attached hydrogen (secondary N) is 1. The van der Waals surface area contributed by atoms with Crippen LogP contribution >= 0.6 is 23.1 Å². The summed E-state index contributed by atoms with van der Waals surface area (Å²) in [4.78, 5) is 17.1. The number of hydrogen-bond acceptors (Lipinski definition) is 5. The predicted octanol–water partition coefficient (Wildman–Crippen LogP) is 6.13. The normalized spacial score (nSPS) is 11.6. The van der Waals surface area contributed by atoms with Gasteiger partial charge in [0.1, 0.15) is 0 Å². The maximum Gasteiger partial charge on any atom is 0.271 e. The fourth-order valence-corrected chi connectivity index (χ4v) is 5.00. The first-order valence-corrected chi connectivity index (χ1v) is 11.5. The number of thioether (sulfide) groups is 1. The van der Waals surface area contributed by atoms with Gasteiger partial charge in [-0.05, 0) is 41.8 Å². The molecule has 1 heterocycles. The van der Waals surface area contributed by atoms with E-state index in [2.05, 4.69) is 21.6 Å². The first kappa shape index (κ1) is 20.3. The number of para-hydroxylation sites is 1. The lowest BCUT2D eigenvalue weighted by molar-refractivity contribution is 0.0955. The second-order valence-corrected chi connectivity index (χ2v) is 8.91. The minimum Gasteiger partial charge on any atom is -0.267 e. The molecule has 0 spiro atoms. The van der Waals surface area contributed by atoms with E-state index in [1.807, 2.05) is 79.7 Å². The number of thiazole rings is 1. The van der Waals surface area contributed by atoms with Gasteiger partial charge in [0, 0.05) is 11.3 Å². The van der Waals surface area contributed by atoms with Crippen LogP contribution in [0.25, 0.3) is 10.2 Å². The van der Waals surface area contributed by atoms with Gasteiger partial charge in [-0.25, -0.2) is 10.4 Å². The molecule has 0 aliphatic rings. The molecule has 0 bridgehead atoms. The average Bonchev–Trinajstić information content (AvgIpc) is 3.22. The Hall–Kier alpha value is -2.96. The van der Waals surface area contributed by atoms with Crippen LogP contribution in [0.2, 0.25) is 0 Å². The van der Waals surface area contributed by atoms with Gasteiger partial charge in [-0.1, -0.05) is 73.3 Å². The summed E-state index contributed by atoms with van der Waals surface area (Å²) in [6.07, 6.45) is 0.742. The summed E-state index contributed by atoms with van der Waals surface area (Å²) in [5.41, 5.74) is 7.33. The van der Waals surface area contributed by atoms with E-state index in [1.54, 1.807) is 23.1 Å². The third-order valence-electron chi connectivity index (χ3n) is 4.59. The van der Waals surface area contributed by atoms with Gasteiger partial charge in [0.05, 0.1) is 15.9 Å². The Morgan fingerprint density at radius 3 is 2.43 bits per heavy atom. The van der Waals surface area contributed by atoms with Crippen LogP contribution in [0.15, 0.2) is 88.3 Å². The Morgan fingerprint density at radius 1 is 0.967 bits per heavy atom. The fraction of sp³-hybridized carbons (Fsp3) is 0.125. The summed E-state index contributed by atoms with van der Waals surface area (Å²) < 4.78 is 2.26. The summed E-state index contributed by atoms with van der Waals surface area (Å²) in [6.45, 7) is 2.02. The van der Waals surface area contributed by atoms with Crippen LogP contribution < -0.4 is 5.43 Å². The number of benzene rings is 3. The van der Waals surface area contributed by atoms with E-state index in [4.69, 9.17) is 0 Å². The van der Waals surface area contributed by atoms with E-state index in [0.717, 1.165) is 38.9 Å². The summed E-state index contributed by atoms with van der Waals surface area (Å²) in [6, 6.07) is 25.7.